The lowest BCUT2D eigenvalue weighted by Gasteiger charge is -2.34. The van der Waals surface area contributed by atoms with Crippen molar-refractivity contribution in [2.45, 2.75) is 52.4 Å². The van der Waals surface area contributed by atoms with Gasteiger partial charge in [0.2, 0.25) is 5.91 Å². The molecule has 1 aliphatic heterocycles. The third kappa shape index (κ3) is 3.99. The predicted molar refractivity (Wildman–Crippen MR) is 98.3 cm³/mol. The molecule has 0 spiro atoms. The lowest BCUT2D eigenvalue weighted by Crippen LogP contribution is -2.40. The maximum atomic E-state index is 12.4. The van der Waals surface area contributed by atoms with Gasteiger partial charge in [-0.05, 0) is 49.5 Å². The highest BCUT2D eigenvalue weighted by Gasteiger charge is 2.24. The molecule has 5 heteroatoms. The number of carbonyl (C=O) groups excluding carboxylic acids is 1. The van der Waals surface area contributed by atoms with Crippen LogP contribution in [0.3, 0.4) is 0 Å². The van der Waals surface area contributed by atoms with Gasteiger partial charge in [0.1, 0.15) is 11.1 Å². The number of likely N-dealkylation sites (tertiary alicyclic amines) is 1. The van der Waals surface area contributed by atoms with Crippen molar-refractivity contribution in [3.63, 3.8) is 0 Å². The van der Waals surface area contributed by atoms with Gasteiger partial charge >= 0.3 is 0 Å². The summed E-state index contributed by atoms with van der Waals surface area (Å²) in [7, 11) is 0. The van der Waals surface area contributed by atoms with Gasteiger partial charge in [-0.25, -0.2) is 0 Å². The van der Waals surface area contributed by atoms with Gasteiger partial charge < -0.3 is 10.2 Å². The minimum atomic E-state index is 0.0379. The molecule has 0 aromatic carbocycles. The molecule has 1 aliphatic carbocycles. The molecular formula is C19H27N3OS. The molecule has 2 heterocycles. The summed E-state index contributed by atoms with van der Waals surface area (Å²) >= 11 is 1.61. The first-order valence-electron chi connectivity index (χ1n) is 9.13. The first-order chi connectivity index (χ1) is 11.6. The van der Waals surface area contributed by atoms with E-state index in [1.165, 1.54) is 23.3 Å². The first kappa shape index (κ1) is 17.4. The fourth-order valence-electron chi connectivity index (χ4n) is 4.20. The average molecular weight is 346 g/mol. The fourth-order valence-corrected chi connectivity index (χ4v) is 5.45. The van der Waals surface area contributed by atoms with Crippen LogP contribution in [-0.2, 0) is 17.6 Å². The number of aryl methyl sites for hydroxylation is 1. The number of hydrogen-bond donors (Lipinski definition) is 1. The molecule has 1 saturated heterocycles. The molecule has 0 radical (unpaired) electrons. The van der Waals surface area contributed by atoms with E-state index in [0.29, 0.717) is 23.8 Å². The summed E-state index contributed by atoms with van der Waals surface area (Å²) in [4.78, 5) is 16.1. The minimum absolute atomic E-state index is 0.0379. The van der Waals surface area contributed by atoms with Crippen molar-refractivity contribution in [1.29, 1.82) is 5.26 Å². The zero-order chi connectivity index (χ0) is 17.1. The van der Waals surface area contributed by atoms with Crippen LogP contribution in [0.4, 0.5) is 5.00 Å². The topological polar surface area (TPSA) is 56.1 Å². The molecule has 24 heavy (non-hydrogen) atoms. The molecule has 1 aromatic heterocycles. The van der Waals surface area contributed by atoms with E-state index in [2.05, 4.69) is 30.1 Å². The highest BCUT2D eigenvalue weighted by atomic mass is 32.1. The van der Waals surface area contributed by atoms with Gasteiger partial charge in [-0.15, -0.1) is 11.3 Å². The Morgan fingerprint density at radius 1 is 1.29 bits per heavy atom. The van der Waals surface area contributed by atoms with Gasteiger partial charge in [-0.1, -0.05) is 13.8 Å². The number of hydrogen-bond acceptors (Lipinski definition) is 4. The Morgan fingerprint density at radius 2 is 2.00 bits per heavy atom. The number of amides is 1. The van der Waals surface area contributed by atoms with E-state index in [1.807, 2.05) is 0 Å². The summed E-state index contributed by atoms with van der Waals surface area (Å²) in [5, 5.41) is 13.2. The van der Waals surface area contributed by atoms with Crippen LogP contribution in [0.15, 0.2) is 0 Å². The van der Waals surface area contributed by atoms with E-state index in [1.54, 1.807) is 11.3 Å². The van der Waals surface area contributed by atoms with Crippen LogP contribution in [0.1, 0.15) is 55.5 Å². The maximum absolute atomic E-state index is 12.4. The van der Waals surface area contributed by atoms with Crippen LogP contribution in [-0.4, -0.2) is 30.4 Å². The largest absolute Gasteiger partial charge is 0.317 e. The first-order valence-corrected chi connectivity index (χ1v) is 9.95. The van der Waals surface area contributed by atoms with E-state index in [9.17, 15) is 10.1 Å². The van der Waals surface area contributed by atoms with Crippen molar-refractivity contribution >= 4 is 22.2 Å². The Bertz CT molecular complexity index is 636. The smallest absolute Gasteiger partial charge is 0.226 e. The Morgan fingerprint density at radius 3 is 2.71 bits per heavy atom. The van der Waals surface area contributed by atoms with Crippen LogP contribution < -0.4 is 5.32 Å². The van der Waals surface area contributed by atoms with E-state index >= 15 is 0 Å². The highest BCUT2D eigenvalue weighted by molar-refractivity contribution is 7.16. The Balaban J connectivity index is 1.57. The molecule has 2 unspecified atom stereocenters. The van der Waals surface area contributed by atoms with E-state index in [0.717, 1.165) is 43.9 Å². The molecule has 1 N–H and O–H groups in total. The van der Waals surface area contributed by atoms with E-state index < -0.39 is 0 Å². The molecule has 4 nitrogen and oxygen atoms in total. The summed E-state index contributed by atoms with van der Waals surface area (Å²) in [6.07, 6.45) is 6.17. The number of piperidine rings is 1. The summed E-state index contributed by atoms with van der Waals surface area (Å²) in [5.41, 5.74) is 1.89. The maximum Gasteiger partial charge on any atom is 0.226 e. The van der Waals surface area contributed by atoms with Crippen molar-refractivity contribution in [3.8, 4) is 6.07 Å². The molecular weight excluding hydrogens is 318 g/mol. The summed E-state index contributed by atoms with van der Waals surface area (Å²) in [6.45, 7) is 7.58. The Kier molecular flexibility index (Phi) is 5.57. The number of nitriles is 1. The average Bonchev–Trinajstić information content (AvgIpc) is 2.89. The van der Waals surface area contributed by atoms with Gasteiger partial charge in [0.25, 0.3) is 0 Å². The number of rotatable bonds is 4. The molecule has 0 bridgehead atoms. The van der Waals surface area contributed by atoms with E-state index in [-0.39, 0.29) is 5.91 Å². The second-order valence-corrected chi connectivity index (χ2v) is 8.64. The van der Waals surface area contributed by atoms with Gasteiger partial charge in [-0.3, -0.25) is 4.79 Å². The molecule has 3 rings (SSSR count). The molecule has 130 valence electrons. The van der Waals surface area contributed by atoms with Crippen molar-refractivity contribution in [1.82, 2.24) is 4.90 Å². The third-order valence-corrected chi connectivity index (χ3v) is 6.34. The SMILES string of the molecule is CC1CC(C)CN(CCC(=O)Nc2sc3c(c2C#N)CCCC3)C1. The molecule has 0 saturated carbocycles. The number of nitrogens with one attached hydrogen (secondary N) is 1. The number of nitrogens with zero attached hydrogens (tertiary/aromatic N) is 2. The summed E-state index contributed by atoms with van der Waals surface area (Å²) in [6, 6.07) is 2.31. The van der Waals surface area contributed by atoms with Gasteiger partial charge in [-0.2, -0.15) is 5.26 Å². The van der Waals surface area contributed by atoms with Gasteiger partial charge in [0.15, 0.2) is 0 Å². The van der Waals surface area contributed by atoms with Gasteiger partial charge in [0, 0.05) is 30.9 Å². The van der Waals surface area contributed by atoms with Crippen LogP contribution in [0.25, 0.3) is 0 Å². The fraction of sp³-hybridized carbons (Fsp3) is 0.684. The Hall–Kier alpha value is -1.38. The van der Waals surface area contributed by atoms with Crippen LogP contribution in [0.2, 0.25) is 0 Å². The van der Waals surface area contributed by atoms with Crippen LogP contribution in [0.5, 0.6) is 0 Å². The monoisotopic (exact) mass is 345 g/mol. The van der Waals surface area contributed by atoms with Crippen LogP contribution in [0, 0.1) is 23.2 Å². The number of thiophene rings is 1. The normalized spacial score (nSPS) is 24.2. The molecule has 1 aromatic rings. The molecule has 2 atom stereocenters. The highest BCUT2D eigenvalue weighted by Crippen LogP contribution is 2.37. The van der Waals surface area contributed by atoms with Crippen molar-refractivity contribution in [2.24, 2.45) is 11.8 Å². The summed E-state index contributed by atoms with van der Waals surface area (Å²) in [5.74, 6) is 1.47. The Labute approximate surface area is 148 Å². The van der Waals surface area contributed by atoms with Crippen LogP contribution >= 0.6 is 11.3 Å². The zero-order valence-electron chi connectivity index (χ0n) is 14.7. The number of carbonyl (C=O) groups is 1. The predicted octanol–water partition coefficient (Wildman–Crippen LogP) is 3.81. The minimum Gasteiger partial charge on any atom is -0.317 e. The van der Waals surface area contributed by atoms with Crippen molar-refractivity contribution in [3.05, 3.63) is 16.0 Å². The summed E-state index contributed by atoms with van der Waals surface area (Å²) < 4.78 is 0. The van der Waals surface area contributed by atoms with Crippen molar-refractivity contribution < 1.29 is 4.79 Å². The third-order valence-electron chi connectivity index (χ3n) is 5.14. The standard InChI is InChI=1S/C19H27N3OS/c1-13-9-14(2)12-22(11-13)8-7-18(23)21-19-16(10-20)15-5-3-4-6-17(15)24-19/h13-14H,3-9,11-12H2,1-2H3,(H,21,23). The zero-order valence-corrected chi connectivity index (χ0v) is 15.5. The van der Waals surface area contributed by atoms with Crippen molar-refractivity contribution in [2.75, 3.05) is 25.0 Å². The molecule has 1 fully saturated rings. The number of anilines is 1. The molecule has 1 amide bonds. The van der Waals surface area contributed by atoms with E-state index in [4.69, 9.17) is 0 Å². The second-order valence-electron chi connectivity index (χ2n) is 7.53. The van der Waals surface area contributed by atoms with Gasteiger partial charge in [0.05, 0.1) is 5.56 Å². The lowest BCUT2D eigenvalue weighted by atomic mass is 9.92. The number of fused-ring (bicyclic) bond motifs is 1. The lowest BCUT2D eigenvalue weighted by molar-refractivity contribution is -0.116. The molecule has 2 aliphatic rings. The second kappa shape index (κ2) is 7.67. The quantitative estimate of drug-likeness (QED) is 0.903.